The predicted molar refractivity (Wildman–Crippen MR) is 67.3 cm³/mol. The molecule has 1 heterocycles. The van der Waals surface area contributed by atoms with Crippen molar-refractivity contribution in [2.45, 2.75) is 19.8 Å². The van der Waals surface area contributed by atoms with E-state index in [4.69, 9.17) is 5.11 Å². The highest BCUT2D eigenvalue weighted by Gasteiger charge is 2.18. The number of nitrogens with zero attached hydrogens (tertiary/aromatic N) is 1. The monoisotopic (exact) mass is 283 g/mol. The van der Waals surface area contributed by atoms with E-state index in [0.29, 0.717) is 10.0 Å². The molecule has 3 nitrogen and oxygen atoms in total. The van der Waals surface area contributed by atoms with Crippen LogP contribution in [0.2, 0.25) is 0 Å². The first-order chi connectivity index (χ1) is 7.59. The van der Waals surface area contributed by atoms with E-state index in [2.05, 4.69) is 20.8 Å². The number of carbonyl (C=O) groups is 1. The van der Waals surface area contributed by atoms with E-state index in [0.717, 1.165) is 24.3 Å². The Bertz CT molecular complexity index is 425. The molecule has 1 aliphatic rings. The lowest BCUT2D eigenvalue weighted by Crippen LogP contribution is -2.19. The SMILES string of the molecule is Cc1cc(Br)c(C(=O)O)cc1N1CCCC1. The van der Waals surface area contributed by atoms with Gasteiger partial charge >= 0.3 is 5.97 Å². The summed E-state index contributed by atoms with van der Waals surface area (Å²) in [6.07, 6.45) is 2.38. The Kier molecular flexibility index (Phi) is 3.19. The Morgan fingerprint density at radius 1 is 1.38 bits per heavy atom. The fraction of sp³-hybridized carbons (Fsp3) is 0.417. The second-order valence-corrected chi connectivity index (χ2v) is 4.97. The lowest BCUT2D eigenvalue weighted by molar-refractivity contribution is 0.0696. The summed E-state index contributed by atoms with van der Waals surface area (Å²) in [6, 6.07) is 3.66. The van der Waals surface area contributed by atoms with E-state index in [1.54, 1.807) is 6.07 Å². The van der Waals surface area contributed by atoms with Gasteiger partial charge in [-0.05, 0) is 53.4 Å². The Hall–Kier alpha value is -1.03. The van der Waals surface area contributed by atoms with Crippen molar-refractivity contribution in [3.8, 4) is 0 Å². The largest absolute Gasteiger partial charge is 0.478 e. The number of benzene rings is 1. The van der Waals surface area contributed by atoms with Crippen LogP contribution in [0.4, 0.5) is 5.69 Å². The van der Waals surface area contributed by atoms with Crippen LogP contribution in [0.5, 0.6) is 0 Å². The molecule has 1 aromatic rings. The number of carboxylic acid groups (broad SMARTS) is 1. The van der Waals surface area contributed by atoms with E-state index >= 15 is 0 Å². The number of hydrogen-bond donors (Lipinski definition) is 1. The number of rotatable bonds is 2. The van der Waals surface area contributed by atoms with E-state index in [-0.39, 0.29) is 0 Å². The van der Waals surface area contributed by atoms with Gasteiger partial charge in [0.15, 0.2) is 0 Å². The third-order valence-corrected chi connectivity index (χ3v) is 3.62. The number of aryl methyl sites for hydroxylation is 1. The highest BCUT2D eigenvalue weighted by atomic mass is 79.9. The number of anilines is 1. The van der Waals surface area contributed by atoms with Gasteiger partial charge in [-0.25, -0.2) is 4.79 Å². The molecule has 1 aliphatic heterocycles. The molecular weight excluding hydrogens is 270 g/mol. The van der Waals surface area contributed by atoms with Crippen molar-refractivity contribution < 1.29 is 9.90 Å². The fourth-order valence-corrected chi connectivity index (χ4v) is 2.75. The second-order valence-electron chi connectivity index (χ2n) is 4.12. The molecule has 4 heteroatoms. The lowest BCUT2D eigenvalue weighted by Gasteiger charge is -2.21. The number of carboxylic acids is 1. The highest BCUT2D eigenvalue weighted by molar-refractivity contribution is 9.10. The predicted octanol–water partition coefficient (Wildman–Crippen LogP) is 3.06. The van der Waals surface area contributed by atoms with Gasteiger partial charge in [-0.1, -0.05) is 0 Å². The van der Waals surface area contributed by atoms with Crippen molar-refractivity contribution in [2.24, 2.45) is 0 Å². The molecule has 0 atom stereocenters. The van der Waals surface area contributed by atoms with Crippen LogP contribution in [0.3, 0.4) is 0 Å². The third-order valence-electron chi connectivity index (χ3n) is 2.96. The van der Waals surface area contributed by atoms with E-state index in [1.807, 2.05) is 13.0 Å². The fourth-order valence-electron chi connectivity index (χ4n) is 2.12. The first-order valence-electron chi connectivity index (χ1n) is 5.38. The van der Waals surface area contributed by atoms with Crippen LogP contribution in [0.15, 0.2) is 16.6 Å². The van der Waals surface area contributed by atoms with Crippen molar-refractivity contribution in [2.75, 3.05) is 18.0 Å². The van der Waals surface area contributed by atoms with Crippen molar-refractivity contribution in [1.82, 2.24) is 0 Å². The van der Waals surface area contributed by atoms with Gasteiger partial charge in [-0.2, -0.15) is 0 Å². The maximum atomic E-state index is 11.1. The van der Waals surface area contributed by atoms with Gasteiger partial charge in [0.2, 0.25) is 0 Å². The van der Waals surface area contributed by atoms with Crippen LogP contribution in [0.25, 0.3) is 0 Å². The molecule has 0 radical (unpaired) electrons. The summed E-state index contributed by atoms with van der Waals surface area (Å²) in [4.78, 5) is 13.3. The molecule has 0 aliphatic carbocycles. The average molecular weight is 284 g/mol. The summed E-state index contributed by atoms with van der Waals surface area (Å²) in [6.45, 7) is 4.08. The smallest absolute Gasteiger partial charge is 0.336 e. The zero-order valence-corrected chi connectivity index (χ0v) is 10.7. The van der Waals surface area contributed by atoms with Gasteiger partial charge in [-0.3, -0.25) is 0 Å². The number of aromatic carboxylic acids is 1. The van der Waals surface area contributed by atoms with E-state index < -0.39 is 5.97 Å². The van der Waals surface area contributed by atoms with Crippen molar-refractivity contribution >= 4 is 27.6 Å². The first kappa shape index (κ1) is 11.5. The summed E-state index contributed by atoms with van der Waals surface area (Å²) in [5.74, 6) is -0.882. The molecule has 0 aromatic heterocycles. The Morgan fingerprint density at radius 2 is 2.00 bits per heavy atom. The summed E-state index contributed by atoms with van der Waals surface area (Å²) < 4.78 is 0.653. The molecule has 0 amide bonds. The Labute approximate surface area is 103 Å². The summed E-state index contributed by atoms with van der Waals surface area (Å²) >= 11 is 3.29. The molecule has 0 saturated carbocycles. The summed E-state index contributed by atoms with van der Waals surface area (Å²) in [7, 11) is 0. The van der Waals surface area contributed by atoms with Crippen LogP contribution < -0.4 is 4.90 Å². The normalized spacial score (nSPS) is 15.5. The quantitative estimate of drug-likeness (QED) is 0.907. The van der Waals surface area contributed by atoms with E-state index in [1.165, 1.54) is 12.8 Å². The molecule has 0 bridgehead atoms. The summed E-state index contributed by atoms with van der Waals surface area (Å²) in [5.41, 5.74) is 2.52. The molecule has 1 fully saturated rings. The van der Waals surface area contributed by atoms with Crippen LogP contribution in [0, 0.1) is 6.92 Å². The molecule has 1 saturated heterocycles. The number of halogens is 1. The molecule has 86 valence electrons. The minimum absolute atomic E-state index is 0.340. The molecule has 0 spiro atoms. The van der Waals surface area contributed by atoms with E-state index in [9.17, 15) is 4.79 Å². The van der Waals surface area contributed by atoms with Gasteiger partial charge in [0, 0.05) is 23.2 Å². The van der Waals surface area contributed by atoms with Gasteiger partial charge in [0.1, 0.15) is 0 Å². The van der Waals surface area contributed by atoms with Crippen LogP contribution in [-0.2, 0) is 0 Å². The van der Waals surface area contributed by atoms with Gasteiger partial charge in [-0.15, -0.1) is 0 Å². The molecule has 1 aromatic carbocycles. The van der Waals surface area contributed by atoms with Gasteiger partial charge in [0.25, 0.3) is 0 Å². The minimum Gasteiger partial charge on any atom is -0.478 e. The first-order valence-corrected chi connectivity index (χ1v) is 6.17. The maximum Gasteiger partial charge on any atom is 0.336 e. The van der Waals surface area contributed by atoms with Crippen LogP contribution >= 0.6 is 15.9 Å². The van der Waals surface area contributed by atoms with Crippen molar-refractivity contribution in [1.29, 1.82) is 0 Å². The molecular formula is C12H14BrNO2. The molecule has 2 rings (SSSR count). The van der Waals surface area contributed by atoms with Crippen LogP contribution in [0.1, 0.15) is 28.8 Å². The second kappa shape index (κ2) is 4.45. The molecule has 1 N–H and O–H groups in total. The number of hydrogen-bond acceptors (Lipinski definition) is 2. The molecule has 0 unspecified atom stereocenters. The van der Waals surface area contributed by atoms with Crippen LogP contribution in [-0.4, -0.2) is 24.2 Å². The Balaban J connectivity index is 2.44. The lowest BCUT2D eigenvalue weighted by atomic mass is 10.1. The highest BCUT2D eigenvalue weighted by Crippen LogP contribution is 2.30. The molecule has 16 heavy (non-hydrogen) atoms. The van der Waals surface area contributed by atoms with Crippen molar-refractivity contribution in [3.05, 3.63) is 27.7 Å². The zero-order chi connectivity index (χ0) is 11.7. The topological polar surface area (TPSA) is 40.5 Å². The summed E-state index contributed by atoms with van der Waals surface area (Å²) in [5, 5.41) is 9.08. The van der Waals surface area contributed by atoms with Crippen molar-refractivity contribution in [3.63, 3.8) is 0 Å². The minimum atomic E-state index is -0.882. The van der Waals surface area contributed by atoms with Gasteiger partial charge < -0.3 is 10.0 Å². The average Bonchev–Trinajstić information content (AvgIpc) is 2.70. The standard InChI is InChI=1S/C12H14BrNO2/c1-8-6-10(13)9(12(15)16)7-11(8)14-4-2-3-5-14/h6-7H,2-5H2,1H3,(H,15,16). The maximum absolute atomic E-state index is 11.1. The zero-order valence-electron chi connectivity index (χ0n) is 9.16. The Morgan fingerprint density at radius 3 is 2.56 bits per heavy atom. The third kappa shape index (κ3) is 2.07. The van der Waals surface area contributed by atoms with Gasteiger partial charge in [0.05, 0.1) is 5.56 Å².